The molecule has 0 saturated carbocycles. The first kappa shape index (κ1) is 14.4. The van der Waals surface area contributed by atoms with Crippen LogP contribution in [-0.4, -0.2) is 5.91 Å². The molecule has 1 N–H and O–H groups in total. The minimum atomic E-state index is 0.0729. The van der Waals surface area contributed by atoms with Crippen molar-refractivity contribution < 1.29 is 9.21 Å². The lowest BCUT2D eigenvalue weighted by molar-refractivity contribution is -0.121. The van der Waals surface area contributed by atoms with Gasteiger partial charge in [0.2, 0.25) is 5.91 Å². The van der Waals surface area contributed by atoms with Gasteiger partial charge < -0.3 is 9.73 Å². The van der Waals surface area contributed by atoms with Crippen LogP contribution in [0.2, 0.25) is 0 Å². The lowest BCUT2D eigenvalue weighted by atomic mass is 10.0. The van der Waals surface area contributed by atoms with Crippen LogP contribution in [0.25, 0.3) is 0 Å². The Kier molecular flexibility index (Phi) is 5.42. The highest BCUT2D eigenvalue weighted by Gasteiger charge is 2.13. The summed E-state index contributed by atoms with van der Waals surface area (Å²) in [6.45, 7) is 2.13. The first-order valence-corrected chi connectivity index (χ1v) is 7.16. The number of amides is 1. The van der Waals surface area contributed by atoms with Crippen LogP contribution < -0.4 is 5.32 Å². The second kappa shape index (κ2) is 7.53. The maximum absolute atomic E-state index is 12.0. The van der Waals surface area contributed by atoms with Crippen molar-refractivity contribution in [2.75, 3.05) is 0 Å². The van der Waals surface area contributed by atoms with Crippen molar-refractivity contribution in [2.24, 2.45) is 0 Å². The first-order chi connectivity index (χ1) is 9.79. The highest BCUT2D eigenvalue weighted by Crippen LogP contribution is 2.18. The van der Waals surface area contributed by atoms with Crippen molar-refractivity contribution in [3.63, 3.8) is 0 Å². The van der Waals surface area contributed by atoms with Gasteiger partial charge in [-0.3, -0.25) is 4.79 Å². The van der Waals surface area contributed by atoms with Crippen molar-refractivity contribution in [3.8, 4) is 0 Å². The van der Waals surface area contributed by atoms with Crippen molar-refractivity contribution in [1.82, 2.24) is 5.32 Å². The molecule has 0 bridgehead atoms. The molecule has 0 radical (unpaired) electrons. The molecule has 0 saturated heterocycles. The van der Waals surface area contributed by atoms with Gasteiger partial charge in [0.05, 0.1) is 12.3 Å². The predicted octanol–water partition coefficient (Wildman–Crippen LogP) is 3.87. The van der Waals surface area contributed by atoms with Gasteiger partial charge in [0.1, 0.15) is 5.76 Å². The number of carbonyl (C=O) groups excluding carboxylic acids is 1. The molecule has 1 aromatic heterocycles. The average molecular weight is 271 g/mol. The lowest BCUT2D eigenvalue weighted by Crippen LogP contribution is -2.28. The number of aryl methyl sites for hydroxylation is 1. The highest BCUT2D eigenvalue weighted by molar-refractivity contribution is 5.76. The largest absolute Gasteiger partial charge is 0.469 e. The van der Waals surface area contributed by atoms with E-state index >= 15 is 0 Å². The Hall–Kier alpha value is -2.03. The quantitative estimate of drug-likeness (QED) is 0.830. The Morgan fingerprint density at radius 2 is 2.00 bits per heavy atom. The van der Waals surface area contributed by atoms with E-state index in [-0.39, 0.29) is 11.9 Å². The number of rotatable bonds is 7. The topological polar surface area (TPSA) is 42.2 Å². The molecular formula is C17H21NO2. The van der Waals surface area contributed by atoms with Gasteiger partial charge in [0.15, 0.2) is 0 Å². The summed E-state index contributed by atoms with van der Waals surface area (Å²) in [7, 11) is 0. The summed E-state index contributed by atoms with van der Waals surface area (Å²) in [5, 5.41) is 3.12. The van der Waals surface area contributed by atoms with Crippen LogP contribution in [0.1, 0.15) is 43.6 Å². The van der Waals surface area contributed by atoms with Gasteiger partial charge in [-0.2, -0.15) is 0 Å². The molecule has 0 aliphatic rings. The lowest BCUT2D eigenvalue weighted by Gasteiger charge is -2.18. The molecule has 1 heterocycles. The van der Waals surface area contributed by atoms with E-state index in [0.717, 1.165) is 18.6 Å². The minimum Gasteiger partial charge on any atom is -0.469 e. The zero-order chi connectivity index (χ0) is 14.2. The molecule has 0 fully saturated rings. The van der Waals surface area contributed by atoms with E-state index in [1.165, 1.54) is 5.56 Å². The van der Waals surface area contributed by atoms with Gasteiger partial charge in [0.25, 0.3) is 0 Å². The number of nitrogens with one attached hydrogen (secondary N) is 1. The maximum Gasteiger partial charge on any atom is 0.220 e. The molecule has 0 spiro atoms. The molecule has 0 aliphatic carbocycles. The van der Waals surface area contributed by atoms with Crippen molar-refractivity contribution in [2.45, 2.75) is 38.6 Å². The van der Waals surface area contributed by atoms with Gasteiger partial charge in [-0.1, -0.05) is 43.7 Å². The molecule has 0 aliphatic heterocycles. The summed E-state index contributed by atoms with van der Waals surface area (Å²) < 4.78 is 5.24. The van der Waals surface area contributed by atoms with Gasteiger partial charge in [0, 0.05) is 12.8 Å². The number of furan rings is 1. The van der Waals surface area contributed by atoms with E-state index in [1.54, 1.807) is 6.26 Å². The summed E-state index contributed by atoms with van der Waals surface area (Å²) >= 11 is 0. The SMILES string of the molecule is CCC[C@H](NC(=O)CCc1ccco1)c1ccccc1. The molecule has 1 aromatic carbocycles. The highest BCUT2D eigenvalue weighted by atomic mass is 16.3. The van der Waals surface area contributed by atoms with E-state index < -0.39 is 0 Å². The Bertz CT molecular complexity index is 505. The molecule has 0 unspecified atom stereocenters. The fraction of sp³-hybridized carbons (Fsp3) is 0.353. The predicted molar refractivity (Wildman–Crippen MR) is 79.3 cm³/mol. The van der Waals surface area contributed by atoms with E-state index in [1.807, 2.05) is 30.3 Å². The van der Waals surface area contributed by atoms with Crippen molar-refractivity contribution in [3.05, 3.63) is 60.1 Å². The third-order valence-electron chi connectivity index (χ3n) is 3.29. The van der Waals surface area contributed by atoms with Crippen LogP contribution in [0.15, 0.2) is 53.1 Å². The third kappa shape index (κ3) is 4.26. The van der Waals surface area contributed by atoms with Crippen LogP contribution in [0.5, 0.6) is 0 Å². The molecule has 1 amide bonds. The summed E-state index contributed by atoms with van der Waals surface area (Å²) in [6, 6.07) is 14.0. The van der Waals surface area contributed by atoms with Crippen LogP contribution in [0, 0.1) is 0 Å². The molecule has 1 atom stereocenters. The Balaban J connectivity index is 1.89. The van der Waals surface area contributed by atoms with Gasteiger partial charge in [-0.05, 0) is 24.1 Å². The molecule has 106 valence electrons. The summed E-state index contributed by atoms with van der Waals surface area (Å²) in [5.41, 5.74) is 1.17. The van der Waals surface area contributed by atoms with Gasteiger partial charge in [-0.15, -0.1) is 0 Å². The molecule has 3 heteroatoms. The molecule has 20 heavy (non-hydrogen) atoms. The van der Waals surface area contributed by atoms with Crippen molar-refractivity contribution in [1.29, 1.82) is 0 Å². The van der Waals surface area contributed by atoms with Crippen molar-refractivity contribution >= 4 is 5.91 Å². The van der Waals surface area contributed by atoms with Gasteiger partial charge in [-0.25, -0.2) is 0 Å². The van der Waals surface area contributed by atoms with E-state index in [9.17, 15) is 4.79 Å². The normalized spacial score (nSPS) is 12.1. The number of hydrogen-bond acceptors (Lipinski definition) is 2. The molecule has 3 nitrogen and oxygen atoms in total. The zero-order valence-corrected chi connectivity index (χ0v) is 11.8. The molecular weight excluding hydrogens is 250 g/mol. The fourth-order valence-corrected chi connectivity index (χ4v) is 2.25. The average Bonchev–Trinajstić information content (AvgIpc) is 2.99. The van der Waals surface area contributed by atoms with Crippen LogP contribution in [0.4, 0.5) is 0 Å². The first-order valence-electron chi connectivity index (χ1n) is 7.16. The minimum absolute atomic E-state index is 0.0729. The summed E-state index contributed by atoms with van der Waals surface area (Å²) in [4.78, 5) is 12.0. The van der Waals surface area contributed by atoms with E-state index in [2.05, 4.69) is 24.4 Å². The Labute approximate surface area is 120 Å². The second-order valence-electron chi connectivity index (χ2n) is 4.90. The Morgan fingerprint density at radius 3 is 2.65 bits per heavy atom. The maximum atomic E-state index is 12.0. The smallest absolute Gasteiger partial charge is 0.220 e. The summed E-state index contributed by atoms with van der Waals surface area (Å²) in [5.74, 6) is 0.926. The van der Waals surface area contributed by atoms with E-state index in [0.29, 0.717) is 12.8 Å². The number of benzene rings is 1. The van der Waals surface area contributed by atoms with Crippen LogP contribution in [-0.2, 0) is 11.2 Å². The number of hydrogen-bond donors (Lipinski definition) is 1. The zero-order valence-electron chi connectivity index (χ0n) is 11.8. The van der Waals surface area contributed by atoms with E-state index in [4.69, 9.17) is 4.42 Å². The Morgan fingerprint density at radius 1 is 1.20 bits per heavy atom. The van der Waals surface area contributed by atoms with Gasteiger partial charge >= 0.3 is 0 Å². The van der Waals surface area contributed by atoms with Crippen LogP contribution in [0.3, 0.4) is 0 Å². The number of carbonyl (C=O) groups is 1. The summed E-state index contributed by atoms with van der Waals surface area (Å²) in [6.07, 6.45) is 4.73. The molecule has 2 aromatic rings. The fourth-order valence-electron chi connectivity index (χ4n) is 2.25. The second-order valence-corrected chi connectivity index (χ2v) is 4.90. The standard InChI is InChI=1S/C17H21NO2/c1-2-7-16(14-8-4-3-5-9-14)18-17(19)12-11-15-10-6-13-20-15/h3-6,8-10,13,16H,2,7,11-12H2,1H3,(H,18,19)/t16-/m0/s1. The van der Waals surface area contributed by atoms with Crippen LogP contribution >= 0.6 is 0 Å². The molecule has 2 rings (SSSR count). The monoisotopic (exact) mass is 271 g/mol. The third-order valence-corrected chi connectivity index (χ3v) is 3.29.